The standard InChI is InChI=1S/C24H23Cl2N5O4S/c25-16-11-14(1-3-17(16)31-8-10-34-9-7-21(31)28-13-27)29-23(33)24(12-15-2-5-19(24)35-15)30-22(32)18-4-6-20(26)36-18/h1,3-4,6,11,15,19H,2,5,7-10,12H2,(H,29,33)(H,30,32)/b28-21-. The van der Waals surface area contributed by atoms with Crippen LogP contribution in [0.3, 0.4) is 0 Å². The zero-order valence-corrected chi connectivity index (χ0v) is 21.5. The minimum Gasteiger partial charge on any atom is -0.379 e. The molecule has 2 bridgehead atoms. The van der Waals surface area contributed by atoms with Crippen molar-refractivity contribution in [1.82, 2.24) is 5.32 Å². The van der Waals surface area contributed by atoms with E-state index in [1.54, 1.807) is 30.3 Å². The molecular formula is C24H23Cl2N5O4S. The molecule has 188 valence electrons. The number of amides is 2. The third-order valence-corrected chi connectivity index (χ3v) is 8.19. The summed E-state index contributed by atoms with van der Waals surface area (Å²) in [5.41, 5.74) is -0.0553. The maximum absolute atomic E-state index is 13.6. The fourth-order valence-electron chi connectivity index (χ4n) is 5.00. The van der Waals surface area contributed by atoms with E-state index in [0.29, 0.717) is 70.5 Å². The van der Waals surface area contributed by atoms with Gasteiger partial charge in [0.1, 0.15) is 11.4 Å². The van der Waals surface area contributed by atoms with E-state index in [0.717, 1.165) is 17.8 Å². The highest BCUT2D eigenvalue weighted by Crippen LogP contribution is 2.43. The summed E-state index contributed by atoms with van der Waals surface area (Å²) in [6.45, 7) is 1.44. The number of nitrogens with one attached hydrogen (secondary N) is 2. The average molecular weight is 548 g/mol. The van der Waals surface area contributed by atoms with Crippen molar-refractivity contribution in [1.29, 1.82) is 5.26 Å². The first-order valence-corrected chi connectivity index (χ1v) is 13.1. The maximum atomic E-state index is 13.6. The third-order valence-electron chi connectivity index (χ3n) is 6.66. The molecule has 9 nitrogen and oxygen atoms in total. The monoisotopic (exact) mass is 547 g/mol. The molecule has 36 heavy (non-hydrogen) atoms. The quantitative estimate of drug-likeness (QED) is 0.541. The predicted octanol–water partition coefficient (Wildman–Crippen LogP) is 4.22. The number of fused-ring (bicyclic) bond motifs is 2. The summed E-state index contributed by atoms with van der Waals surface area (Å²) >= 11 is 13.8. The first-order valence-electron chi connectivity index (χ1n) is 11.5. The summed E-state index contributed by atoms with van der Waals surface area (Å²) in [7, 11) is 0. The van der Waals surface area contributed by atoms with E-state index in [-0.39, 0.29) is 17.9 Å². The first kappa shape index (κ1) is 25.0. The Labute approximate surface area is 222 Å². The lowest BCUT2D eigenvalue weighted by atomic mass is 9.80. The van der Waals surface area contributed by atoms with Crippen LogP contribution < -0.4 is 15.5 Å². The molecule has 2 amide bonds. The molecule has 0 spiro atoms. The number of ether oxygens (including phenoxy) is 2. The number of hydrogen-bond donors (Lipinski definition) is 2. The van der Waals surface area contributed by atoms with Crippen molar-refractivity contribution in [3.8, 4) is 6.19 Å². The second-order valence-electron chi connectivity index (χ2n) is 8.82. The minimum atomic E-state index is -1.20. The molecule has 1 aromatic carbocycles. The number of nitriles is 1. The molecule has 3 unspecified atom stereocenters. The molecule has 1 aromatic heterocycles. The van der Waals surface area contributed by atoms with Crippen LogP contribution in [0.2, 0.25) is 9.36 Å². The molecule has 12 heteroatoms. The number of aliphatic imine (C=N–C) groups is 1. The Hall–Kier alpha value is -2.68. The van der Waals surface area contributed by atoms with Gasteiger partial charge in [-0.05, 0) is 43.2 Å². The Morgan fingerprint density at radius 3 is 2.75 bits per heavy atom. The van der Waals surface area contributed by atoms with Gasteiger partial charge in [-0.15, -0.1) is 11.3 Å². The smallest absolute Gasteiger partial charge is 0.262 e. The SMILES string of the molecule is N#C/N=C1/CCOCCN1c1ccc(NC(=O)C2(NC(=O)c3ccc(Cl)s3)CC3CCC2O3)cc1Cl. The van der Waals surface area contributed by atoms with E-state index in [1.807, 2.05) is 11.1 Å². The number of nitrogens with zero attached hydrogens (tertiary/aromatic N) is 3. The van der Waals surface area contributed by atoms with Crippen LogP contribution in [-0.4, -0.2) is 55.2 Å². The van der Waals surface area contributed by atoms with Gasteiger partial charge in [-0.3, -0.25) is 9.59 Å². The predicted molar refractivity (Wildman–Crippen MR) is 138 cm³/mol. The summed E-state index contributed by atoms with van der Waals surface area (Å²) in [6.07, 6.45) is 3.75. The van der Waals surface area contributed by atoms with Crippen molar-refractivity contribution in [3.05, 3.63) is 44.6 Å². The van der Waals surface area contributed by atoms with Gasteiger partial charge in [0.15, 0.2) is 0 Å². The van der Waals surface area contributed by atoms with Crippen LogP contribution in [-0.2, 0) is 14.3 Å². The molecule has 3 aliphatic heterocycles. The number of halogens is 2. The van der Waals surface area contributed by atoms with Gasteiger partial charge in [0.05, 0.1) is 45.3 Å². The molecule has 4 heterocycles. The van der Waals surface area contributed by atoms with Crippen molar-refractivity contribution >= 4 is 63.6 Å². The Morgan fingerprint density at radius 1 is 1.22 bits per heavy atom. The molecule has 0 saturated carbocycles. The fraction of sp³-hybridized carbons (Fsp3) is 0.417. The Morgan fingerprint density at radius 2 is 2.08 bits per heavy atom. The van der Waals surface area contributed by atoms with Gasteiger partial charge in [-0.25, -0.2) is 0 Å². The summed E-state index contributed by atoms with van der Waals surface area (Å²) in [6, 6.07) is 8.44. The molecule has 0 aliphatic carbocycles. The van der Waals surface area contributed by atoms with Crippen LogP contribution in [0.1, 0.15) is 35.4 Å². The van der Waals surface area contributed by atoms with Crippen molar-refractivity contribution < 1.29 is 19.1 Å². The highest BCUT2D eigenvalue weighted by atomic mass is 35.5. The largest absolute Gasteiger partial charge is 0.379 e. The van der Waals surface area contributed by atoms with Gasteiger partial charge < -0.3 is 25.0 Å². The highest BCUT2D eigenvalue weighted by Gasteiger charge is 2.58. The van der Waals surface area contributed by atoms with Crippen molar-refractivity contribution in [2.24, 2.45) is 4.99 Å². The van der Waals surface area contributed by atoms with Gasteiger partial charge in [0, 0.05) is 25.1 Å². The van der Waals surface area contributed by atoms with Crippen molar-refractivity contribution in [3.63, 3.8) is 0 Å². The lowest BCUT2D eigenvalue weighted by molar-refractivity contribution is -0.124. The van der Waals surface area contributed by atoms with Crippen LogP contribution in [0.15, 0.2) is 35.3 Å². The Kier molecular flexibility index (Phi) is 7.19. The summed E-state index contributed by atoms with van der Waals surface area (Å²) in [5, 5.41) is 15.3. The van der Waals surface area contributed by atoms with Crippen molar-refractivity contribution in [2.75, 3.05) is 30.0 Å². The van der Waals surface area contributed by atoms with Gasteiger partial charge in [0.25, 0.3) is 11.8 Å². The van der Waals surface area contributed by atoms with E-state index in [4.69, 9.17) is 37.9 Å². The lowest BCUT2D eigenvalue weighted by Gasteiger charge is -2.34. The average Bonchev–Trinajstić information content (AvgIpc) is 3.54. The number of anilines is 2. The third kappa shape index (κ3) is 4.82. The number of benzene rings is 1. The first-order chi connectivity index (χ1) is 17.4. The minimum absolute atomic E-state index is 0.0814. The number of carbonyl (C=O) groups is 2. The normalized spacial score (nSPS) is 26.5. The van der Waals surface area contributed by atoms with E-state index >= 15 is 0 Å². The van der Waals surface area contributed by atoms with Crippen LogP contribution in [0.4, 0.5) is 11.4 Å². The summed E-state index contributed by atoms with van der Waals surface area (Å²) in [5.74, 6) is -0.146. The lowest BCUT2D eigenvalue weighted by Crippen LogP contribution is -2.62. The maximum Gasteiger partial charge on any atom is 0.262 e. The molecule has 3 aliphatic rings. The number of hydrogen-bond acceptors (Lipinski definition) is 7. The second-order valence-corrected chi connectivity index (χ2v) is 10.9. The van der Waals surface area contributed by atoms with E-state index in [1.165, 1.54) is 0 Å². The van der Waals surface area contributed by atoms with E-state index in [9.17, 15) is 9.59 Å². The second kappa shape index (κ2) is 10.4. The molecule has 2 aromatic rings. The molecule has 0 radical (unpaired) electrons. The van der Waals surface area contributed by atoms with Gasteiger partial charge >= 0.3 is 0 Å². The van der Waals surface area contributed by atoms with Gasteiger partial charge in [-0.1, -0.05) is 23.2 Å². The molecule has 3 fully saturated rings. The van der Waals surface area contributed by atoms with Crippen LogP contribution in [0.25, 0.3) is 0 Å². The molecule has 5 rings (SSSR count). The van der Waals surface area contributed by atoms with Gasteiger partial charge in [-0.2, -0.15) is 10.3 Å². The van der Waals surface area contributed by atoms with Gasteiger partial charge in [0.2, 0.25) is 6.19 Å². The highest BCUT2D eigenvalue weighted by molar-refractivity contribution is 7.18. The molecular weight excluding hydrogens is 525 g/mol. The summed E-state index contributed by atoms with van der Waals surface area (Å²) in [4.78, 5) is 32.8. The number of rotatable bonds is 5. The van der Waals surface area contributed by atoms with Crippen LogP contribution >= 0.6 is 34.5 Å². The fourth-order valence-corrected chi connectivity index (χ4v) is 6.22. The zero-order valence-electron chi connectivity index (χ0n) is 19.1. The van der Waals surface area contributed by atoms with Crippen LogP contribution in [0.5, 0.6) is 0 Å². The number of thiophene rings is 1. The zero-order chi connectivity index (χ0) is 25.3. The number of carbonyl (C=O) groups excluding carboxylic acids is 2. The molecule has 2 N–H and O–H groups in total. The molecule has 3 saturated heterocycles. The van der Waals surface area contributed by atoms with E-state index in [2.05, 4.69) is 15.6 Å². The topological polar surface area (TPSA) is 116 Å². The number of amidine groups is 1. The van der Waals surface area contributed by atoms with Crippen molar-refractivity contribution in [2.45, 2.75) is 43.4 Å². The Bertz CT molecular complexity index is 1260. The Balaban J connectivity index is 1.37. The molecule has 3 atom stereocenters. The van der Waals surface area contributed by atoms with E-state index < -0.39 is 11.6 Å². The van der Waals surface area contributed by atoms with Crippen LogP contribution in [0, 0.1) is 11.5 Å². The summed E-state index contributed by atoms with van der Waals surface area (Å²) < 4.78 is 12.0.